The fourth-order valence-corrected chi connectivity index (χ4v) is 2.93. The minimum atomic E-state index is 0.270. The maximum Gasteiger partial charge on any atom is 0.177 e. The molecular weight excluding hydrogens is 246 g/mol. The minimum absolute atomic E-state index is 0.270. The van der Waals surface area contributed by atoms with Crippen LogP contribution in [0.3, 0.4) is 0 Å². The largest absolute Gasteiger partial charge is 0.296 e. The predicted molar refractivity (Wildman–Crippen MR) is 84.3 cm³/mol. The van der Waals surface area contributed by atoms with Crippen molar-refractivity contribution >= 4 is 5.78 Å². The van der Waals surface area contributed by atoms with Crippen molar-refractivity contribution in [2.24, 2.45) is 5.41 Å². The molecule has 0 bridgehead atoms. The molecule has 0 N–H and O–H groups in total. The number of hydrogen-bond acceptors (Lipinski definition) is 2. The van der Waals surface area contributed by atoms with Gasteiger partial charge in [0, 0.05) is 5.56 Å². The Morgan fingerprint density at radius 1 is 1.25 bits per heavy atom. The van der Waals surface area contributed by atoms with Gasteiger partial charge in [-0.05, 0) is 56.8 Å². The summed E-state index contributed by atoms with van der Waals surface area (Å²) < 4.78 is 0. The number of rotatable bonds is 4. The second-order valence-electron chi connectivity index (χ2n) is 6.68. The van der Waals surface area contributed by atoms with E-state index in [-0.39, 0.29) is 5.78 Å². The third-order valence-electron chi connectivity index (χ3n) is 4.98. The van der Waals surface area contributed by atoms with Crippen LogP contribution in [0.25, 0.3) is 0 Å². The molecule has 1 aliphatic rings. The molecule has 0 aliphatic carbocycles. The van der Waals surface area contributed by atoms with Crippen LogP contribution in [0.2, 0.25) is 0 Å². The Bertz CT molecular complexity index is 484. The first-order chi connectivity index (χ1) is 9.43. The van der Waals surface area contributed by atoms with E-state index in [1.54, 1.807) is 0 Å². The van der Waals surface area contributed by atoms with Gasteiger partial charge < -0.3 is 0 Å². The average Bonchev–Trinajstić information content (AvgIpc) is 2.44. The molecule has 2 heteroatoms. The van der Waals surface area contributed by atoms with E-state index >= 15 is 0 Å². The highest BCUT2D eigenvalue weighted by Gasteiger charge is 2.29. The van der Waals surface area contributed by atoms with Crippen molar-refractivity contribution < 1.29 is 4.79 Å². The summed E-state index contributed by atoms with van der Waals surface area (Å²) in [6, 6.07) is 6.14. The summed E-state index contributed by atoms with van der Waals surface area (Å²) in [6.07, 6.45) is 3.67. The second-order valence-corrected chi connectivity index (χ2v) is 6.68. The van der Waals surface area contributed by atoms with E-state index in [1.165, 1.54) is 19.3 Å². The van der Waals surface area contributed by atoms with E-state index < -0.39 is 0 Å². The second kappa shape index (κ2) is 6.09. The highest BCUT2D eigenvalue weighted by atomic mass is 16.1. The minimum Gasteiger partial charge on any atom is -0.296 e. The van der Waals surface area contributed by atoms with Crippen LogP contribution in [-0.4, -0.2) is 30.3 Å². The zero-order chi connectivity index (χ0) is 14.8. The van der Waals surface area contributed by atoms with Crippen molar-refractivity contribution in [3.8, 4) is 0 Å². The van der Waals surface area contributed by atoms with E-state index in [0.717, 1.165) is 29.8 Å². The van der Waals surface area contributed by atoms with Crippen LogP contribution in [0.15, 0.2) is 18.2 Å². The number of aryl methyl sites for hydroxylation is 2. The molecule has 1 fully saturated rings. The quantitative estimate of drug-likeness (QED) is 0.773. The third kappa shape index (κ3) is 3.49. The molecule has 0 radical (unpaired) electrons. The van der Waals surface area contributed by atoms with E-state index in [4.69, 9.17) is 0 Å². The molecule has 20 heavy (non-hydrogen) atoms. The van der Waals surface area contributed by atoms with E-state index in [9.17, 15) is 4.79 Å². The molecule has 0 amide bonds. The van der Waals surface area contributed by atoms with Crippen LogP contribution in [0.5, 0.6) is 0 Å². The maximum absolute atomic E-state index is 12.5. The van der Waals surface area contributed by atoms with Gasteiger partial charge in [0.2, 0.25) is 0 Å². The zero-order valence-electron chi connectivity index (χ0n) is 13.3. The first kappa shape index (κ1) is 15.2. The monoisotopic (exact) mass is 273 g/mol. The molecule has 2 rings (SSSR count). The highest BCUT2D eigenvalue weighted by molar-refractivity contribution is 5.99. The van der Waals surface area contributed by atoms with Crippen LogP contribution in [-0.2, 0) is 0 Å². The molecule has 1 saturated heterocycles. The summed E-state index contributed by atoms with van der Waals surface area (Å²) in [5, 5.41) is 0. The molecule has 110 valence electrons. The lowest BCUT2D eigenvalue weighted by molar-refractivity contribution is 0.0812. The van der Waals surface area contributed by atoms with Gasteiger partial charge in [-0.25, -0.2) is 0 Å². The Labute approximate surface area is 123 Å². The lowest BCUT2D eigenvalue weighted by Crippen LogP contribution is -2.41. The van der Waals surface area contributed by atoms with Crippen molar-refractivity contribution in [3.05, 3.63) is 34.9 Å². The molecule has 0 unspecified atom stereocenters. The molecule has 1 aliphatic heterocycles. The lowest BCUT2D eigenvalue weighted by atomic mass is 9.78. The van der Waals surface area contributed by atoms with E-state index in [0.29, 0.717) is 12.0 Å². The maximum atomic E-state index is 12.5. The molecule has 0 aromatic heterocycles. The van der Waals surface area contributed by atoms with Gasteiger partial charge in [-0.1, -0.05) is 38.0 Å². The van der Waals surface area contributed by atoms with Gasteiger partial charge in [0.1, 0.15) is 0 Å². The van der Waals surface area contributed by atoms with Crippen molar-refractivity contribution in [1.82, 2.24) is 4.90 Å². The zero-order valence-corrected chi connectivity index (χ0v) is 13.3. The number of nitrogens with zero attached hydrogens (tertiary/aromatic N) is 1. The van der Waals surface area contributed by atoms with Gasteiger partial charge in [0.05, 0.1) is 6.54 Å². The SMILES string of the molecule is CCC1(C)CCN(CC(=O)c2cc(C)ccc2C)CC1. The summed E-state index contributed by atoms with van der Waals surface area (Å²) in [4.78, 5) is 14.8. The molecule has 0 spiro atoms. The molecule has 0 saturated carbocycles. The Morgan fingerprint density at radius 2 is 1.90 bits per heavy atom. The summed E-state index contributed by atoms with van der Waals surface area (Å²) in [6.45, 7) is 11.4. The number of ketones is 1. The Morgan fingerprint density at radius 3 is 2.50 bits per heavy atom. The number of likely N-dealkylation sites (tertiary alicyclic amines) is 1. The fourth-order valence-electron chi connectivity index (χ4n) is 2.93. The van der Waals surface area contributed by atoms with Gasteiger partial charge in [0.15, 0.2) is 5.78 Å². The Hall–Kier alpha value is -1.15. The van der Waals surface area contributed by atoms with Crippen LogP contribution in [0.4, 0.5) is 0 Å². The van der Waals surface area contributed by atoms with Gasteiger partial charge in [-0.2, -0.15) is 0 Å². The van der Waals surface area contributed by atoms with Gasteiger partial charge in [0.25, 0.3) is 0 Å². The van der Waals surface area contributed by atoms with Crippen LogP contribution in [0.1, 0.15) is 54.6 Å². The average molecular weight is 273 g/mol. The molecular formula is C18H27NO. The van der Waals surface area contributed by atoms with Gasteiger partial charge in [-0.3, -0.25) is 9.69 Å². The summed E-state index contributed by atoms with van der Waals surface area (Å²) in [7, 11) is 0. The lowest BCUT2D eigenvalue weighted by Gasteiger charge is -2.38. The topological polar surface area (TPSA) is 20.3 Å². The fraction of sp³-hybridized carbons (Fsp3) is 0.611. The van der Waals surface area contributed by atoms with Crippen molar-refractivity contribution in [2.75, 3.05) is 19.6 Å². The van der Waals surface area contributed by atoms with Crippen molar-refractivity contribution in [2.45, 2.75) is 47.0 Å². The highest BCUT2D eigenvalue weighted by Crippen LogP contribution is 2.33. The molecule has 2 nitrogen and oxygen atoms in total. The van der Waals surface area contributed by atoms with Crippen molar-refractivity contribution in [1.29, 1.82) is 0 Å². The summed E-state index contributed by atoms with van der Waals surface area (Å²) >= 11 is 0. The number of carbonyl (C=O) groups is 1. The first-order valence-corrected chi connectivity index (χ1v) is 7.76. The van der Waals surface area contributed by atoms with Crippen LogP contribution in [0, 0.1) is 19.3 Å². The van der Waals surface area contributed by atoms with E-state index in [2.05, 4.69) is 24.8 Å². The number of benzene rings is 1. The normalized spacial score (nSPS) is 19.0. The smallest absolute Gasteiger partial charge is 0.177 e. The van der Waals surface area contributed by atoms with Crippen LogP contribution < -0.4 is 0 Å². The number of hydrogen-bond donors (Lipinski definition) is 0. The predicted octanol–water partition coefficient (Wildman–Crippen LogP) is 4.00. The van der Waals surface area contributed by atoms with Gasteiger partial charge >= 0.3 is 0 Å². The Balaban J connectivity index is 1.98. The third-order valence-corrected chi connectivity index (χ3v) is 4.98. The van der Waals surface area contributed by atoms with Crippen LogP contribution >= 0.6 is 0 Å². The molecule has 1 heterocycles. The molecule has 1 aromatic carbocycles. The molecule has 0 atom stereocenters. The van der Waals surface area contributed by atoms with Crippen molar-refractivity contribution in [3.63, 3.8) is 0 Å². The van der Waals surface area contributed by atoms with Gasteiger partial charge in [-0.15, -0.1) is 0 Å². The number of Topliss-reactive ketones (excluding diaryl/α,β-unsaturated/α-hetero) is 1. The summed E-state index contributed by atoms with van der Waals surface area (Å²) in [5.74, 6) is 0.270. The number of carbonyl (C=O) groups excluding carboxylic acids is 1. The molecule has 1 aromatic rings. The number of piperidine rings is 1. The first-order valence-electron chi connectivity index (χ1n) is 7.76. The summed E-state index contributed by atoms with van der Waals surface area (Å²) in [5.41, 5.74) is 3.64. The standard InChI is InChI=1S/C18H27NO/c1-5-18(4)8-10-19(11-9-18)13-17(20)16-12-14(2)6-7-15(16)3/h6-7,12H,5,8-11,13H2,1-4H3. The Kier molecular flexibility index (Phi) is 4.64. The van der Waals surface area contributed by atoms with E-state index in [1.807, 2.05) is 26.0 Å².